The SMILES string of the molecule is Cc1cc(Nc2cc(N3CC(N)C3)nc3c(C4=CN(C)NC4)cnn23)sn1. The van der Waals surface area contributed by atoms with Gasteiger partial charge >= 0.3 is 0 Å². The highest BCUT2D eigenvalue weighted by molar-refractivity contribution is 7.10. The molecule has 1 saturated heterocycles. The largest absolute Gasteiger partial charge is 0.353 e. The minimum absolute atomic E-state index is 0.211. The van der Waals surface area contributed by atoms with Crippen LogP contribution in [0, 0.1) is 6.92 Å². The zero-order chi connectivity index (χ0) is 18.5. The van der Waals surface area contributed by atoms with Gasteiger partial charge in [-0.2, -0.15) is 14.0 Å². The lowest BCUT2D eigenvalue weighted by Gasteiger charge is -2.38. The van der Waals surface area contributed by atoms with E-state index in [9.17, 15) is 0 Å². The highest BCUT2D eigenvalue weighted by Crippen LogP contribution is 2.30. The topological polar surface area (TPSA) is 99.6 Å². The lowest BCUT2D eigenvalue weighted by atomic mass is 10.1. The maximum Gasteiger partial charge on any atom is 0.167 e. The highest BCUT2D eigenvalue weighted by atomic mass is 32.1. The number of nitrogens with zero attached hydrogens (tertiary/aromatic N) is 6. The lowest BCUT2D eigenvalue weighted by Crippen LogP contribution is -2.56. The summed E-state index contributed by atoms with van der Waals surface area (Å²) in [7, 11) is 1.98. The van der Waals surface area contributed by atoms with Gasteiger partial charge in [0.05, 0.1) is 11.9 Å². The van der Waals surface area contributed by atoms with Crippen molar-refractivity contribution in [3.63, 3.8) is 0 Å². The molecular formula is C17H21N9S. The van der Waals surface area contributed by atoms with Crippen molar-refractivity contribution >= 4 is 39.4 Å². The second-order valence-corrected chi connectivity index (χ2v) is 7.82. The third kappa shape index (κ3) is 2.91. The van der Waals surface area contributed by atoms with Crippen LogP contribution in [0.1, 0.15) is 11.3 Å². The van der Waals surface area contributed by atoms with Crippen molar-refractivity contribution in [2.24, 2.45) is 5.73 Å². The Labute approximate surface area is 160 Å². The van der Waals surface area contributed by atoms with E-state index in [4.69, 9.17) is 10.7 Å². The molecule has 4 N–H and O–H groups in total. The maximum atomic E-state index is 5.98. The fraction of sp³-hybridized carbons (Fsp3) is 0.353. The monoisotopic (exact) mass is 383 g/mol. The van der Waals surface area contributed by atoms with E-state index in [1.165, 1.54) is 11.5 Å². The Bertz CT molecular complexity index is 1030. The van der Waals surface area contributed by atoms with Crippen LogP contribution in [-0.2, 0) is 0 Å². The van der Waals surface area contributed by atoms with E-state index in [1.54, 1.807) is 0 Å². The van der Waals surface area contributed by atoms with E-state index in [1.807, 2.05) is 41.8 Å². The molecule has 9 nitrogen and oxygen atoms in total. The van der Waals surface area contributed by atoms with E-state index in [-0.39, 0.29) is 6.04 Å². The fourth-order valence-electron chi connectivity index (χ4n) is 3.38. The van der Waals surface area contributed by atoms with Gasteiger partial charge in [0, 0.05) is 50.6 Å². The molecule has 0 spiro atoms. The first-order valence-corrected chi connectivity index (χ1v) is 9.61. The predicted molar refractivity (Wildman–Crippen MR) is 107 cm³/mol. The summed E-state index contributed by atoms with van der Waals surface area (Å²) >= 11 is 1.44. The van der Waals surface area contributed by atoms with Crippen LogP contribution in [0.5, 0.6) is 0 Å². The van der Waals surface area contributed by atoms with E-state index < -0.39 is 0 Å². The molecule has 3 aromatic heterocycles. The molecule has 0 bridgehead atoms. The molecule has 0 atom stereocenters. The molecule has 3 aromatic rings. The molecule has 0 amide bonds. The van der Waals surface area contributed by atoms with Crippen molar-refractivity contribution in [1.29, 1.82) is 0 Å². The van der Waals surface area contributed by atoms with Crippen molar-refractivity contribution in [1.82, 2.24) is 29.4 Å². The first-order valence-electron chi connectivity index (χ1n) is 8.84. The predicted octanol–water partition coefficient (Wildman–Crippen LogP) is 1.18. The molecule has 2 aliphatic heterocycles. The Balaban J connectivity index is 1.61. The van der Waals surface area contributed by atoms with Crippen molar-refractivity contribution in [3.8, 4) is 0 Å². The van der Waals surface area contributed by atoms with E-state index >= 15 is 0 Å². The van der Waals surface area contributed by atoms with Gasteiger partial charge in [-0.15, -0.1) is 0 Å². The van der Waals surface area contributed by atoms with Crippen molar-refractivity contribution in [2.75, 3.05) is 36.9 Å². The van der Waals surface area contributed by atoms with Gasteiger partial charge in [-0.25, -0.2) is 10.4 Å². The van der Waals surface area contributed by atoms with Gasteiger partial charge in [0.1, 0.15) is 16.6 Å². The van der Waals surface area contributed by atoms with Crippen LogP contribution in [0.25, 0.3) is 11.2 Å². The standard InChI is InChI=1S/C17H21N9S/c1-10-3-16(27-23-10)21-15-4-14(25-8-12(18)9-25)22-17-13(6-20-26(15)17)11-5-19-24(2)7-11/h3-4,6-7,12,19,21H,5,8-9,18H2,1-2H3. The summed E-state index contributed by atoms with van der Waals surface area (Å²) in [6.45, 7) is 4.38. The van der Waals surface area contributed by atoms with Gasteiger partial charge in [-0.05, 0) is 30.1 Å². The number of fused-ring (bicyclic) bond motifs is 1. The summed E-state index contributed by atoms with van der Waals surface area (Å²) < 4.78 is 6.20. The van der Waals surface area contributed by atoms with Crippen molar-refractivity contribution in [2.45, 2.75) is 13.0 Å². The number of hydrogen-bond acceptors (Lipinski definition) is 9. The summed E-state index contributed by atoms with van der Waals surface area (Å²) in [5.74, 6) is 1.78. The van der Waals surface area contributed by atoms with Gasteiger partial charge in [0.2, 0.25) is 0 Å². The van der Waals surface area contributed by atoms with Crippen LogP contribution >= 0.6 is 11.5 Å². The average molecular weight is 383 g/mol. The number of aromatic nitrogens is 4. The molecule has 10 heteroatoms. The Morgan fingerprint density at radius 2 is 2.19 bits per heavy atom. The van der Waals surface area contributed by atoms with Gasteiger partial charge in [-0.1, -0.05) is 0 Å². The Morgan fingerprint density at radius 3 is 2.85 bits per heavy atom. The van der Waals surface area contributed by atoms with Crippen LogP contribution in [0.4, 0.5) is 16.6 Å². The van der Waals surface area contributed by atoms with Gasteiger partial charge in [0.25, 0.3) is 0 Å². The number of hydrogen-bond donors (Lipinski definition) is 3. The van der Waals surface area contributed by atoms with Crippen LogP contribution in [0.15, 0.2) is 24.5 Å². The molecule has 0 unspecified atom stereocenters. The van der Waals surface area contributed by atoms with Crippen molar-refractivity contribution in [3.05, 3.63) is 35.8 Å². The number of anilines is 3. The fourth-order valence-corrected chi connectivity index (χ4v) is 4.04. The van der Waals surface area contributed by atoms with E-state index in [0.717, 1.165) is 58.7 Å². The zero-order valence-corrected chi connectivity index (χ0v) is 16.0. The lowest BCUT2D eigenvalue weighted by molar-refractivity contribution is 0.374. The molecule has 27 heavy (non-hydrogen) atoms. The first-order chi connectivity index (χ1) is 13.1. The zero-order valence-electron chi connectivity index (χ0n) is 15.2. The summed E-state index contributed by atoms with van der Waals surface area (Å²) in [5.41, 5.74) is 13.3. The highest BCUT2D eigenvalue weighted by Gasteiger charge is 2.26. The molecule has 0 saturated carbocycles. The maximum absolute atomic E-state index is 5.98. The molecule has 2 aliphatic rings. The number of hydrazine groups is 1. The molecule has 140 valence electrons. The van der Waals surface area contributed by atoms with Gasteiger partial charge in [0.15, 0.2) is 5.65 Å². The van der Waals surface area contributed by atoms with Gasteiger partial charge < -0.3 is 21.0 Å². The minimum Gasteiger partial charge on any atom is -0.353 e. The second-order valence-electron chi connectivity index (χ2n) is 7.02. The van der Waals surface area contributed by atoms with Gasteiger partial charge in [-0.3, -0.25) is 0 Å². The van der Waals surface area contributed by atoms with E-state index in [0.29, 0.717) is 0 Å². The molecule has 0 aromatic carbocycles. The van der Waals surface area contributed by atoms with Crippen molar-refractivity contribution < 1.29 is 0 Å². The van der Waals surface area contributed by atoms with Crippen LogP contribution in [-0.4, -0.2) is 56.7 Å². The van der Waals surface area contributed by atoms with Crippen LogP contribution in [0.3, 0.4) is 0 Å². The first kappa shape index (κ1) is 16.5. The Morgan fingerprint density at radius 1 is 1.33 bits per heavy atom. The molecule has 5 heterocycles. The number of rotatable bonds is 4. The summed E-state index contributed by atoms with van der Waals surface area (Å²) in [4.78, 5) is 7.09. The van der Waals surface area contributed by atoms with E-state index in [2.05, 4.69) is 31.3 Å². The molecule has 0 radical (unpaired) electrons. The smallest absolute Gasteiger partial charge is 0.167 e. The summed E-state index contributed by atoms with van der Waals surface area (Å²) in [6.07, 6.45) is 3.95. The quantitative estimate of drug-likeness (QED) is 0.618. The number of aryl methyl sites for hydroxylation is 1. The minimum atomic E-state index is 0.211. The molecule has 5 rings (SSSR count). The van der Waals surface area contributed by atoms with Crippen LogP contribution < -0.4 is 21.4 Å². The second kappa shape index (κ2) is 6.19. The third-order valence-electron chi connectivity index (χ3n) is 4.79. The summed E-state index contributed by atoms with van der Waals surface area (Å²) in [6, 6.07) is 4.26. The normalized spacial score (nSPS) is 17.5. The number of nitrogens with one attached hydrogen (secondary N) is 2. The Hall–Kier alpha value is -2.69. The number of nitrogens with two attached hydrogens (primary N) is 1. The molecule has 1 fully saturated rings. The van der Waals surface area contributed by atoms with Crippen LogP contribution in [0.2, 0.25) is 0 Å². The Kier molecular flexibility index (Phi) is 3.78. The molecule has 0 aliphatic carbocycles. The summed E-state index contributed by atoms with van der Waals surface area (Å²) in [5, 5.41) is 11.0. The molecular weight excluding hydrogens is 362 g/mol. The average Bonchev–Trinajstić information content (AvgIpc) is 3.32. The third-order valence-corrected chi connectivity index (χ3v) is 5.58.